The molecule has 138 valence electrons. The molecule has 0 atom stereocenters. The molecule has 3 rings (SSSR count). The van der Waals surface area contributed by atoms with Gasteiger partial charge in [0, 0.05) is 38.4 Å². The minimum absolute atomic E-state index is 0.0211. The summed E-state index contributed by atoms with van der Waals surface area (Å²) in [7, 11) is 0. The van der Waals surface area contributed by atoms with E-state index in [9.17, 15) is 9.18 Å². The van der Waals surface area contributed by atoms with E-state index in [1.165, 1.54) is 28.9 Å². The number of carbonyl (C=O) groups excluding carboxylic acids is 1. The van der Waals surface area contributed by atoms with Crippen LogP contribution >= 0.6 is 0 Å². The predicted molar refractivity (Wildman–Crippen MR) is 103 cm³/mol. The number of nitrogens with one attached hydrogen (secondary N) is 1. The number of carbonyl (C=O) groups is 1. The molecule has 0 unspecified atom stereocenters. The Bertz CT molecular complexity index is 732. The average molecular weight is 355 g/mol. The summed E-state index contributed by atoms with van der Waals surface area (Å²) in [5.74, 6) is -0.237. The highest BCUT2D eigenvalue weighted by Crippen LogP contribution is 2.20. The third-order valence-corrected chi connectivity index (χ3v) is 4.74. The van der Waals surface area contributed by atoms with Gasteiger partial charge in [-0.3, -0.25) is 0 Å². The van der Waals surface area contributed by atoms with Crippen LogP contribution in [0.3, 0.4) is 0 Å². The lowest BCUT2D eigenvalue weighted by atomic mass is 10.1. The van der Waals surface area contributed by atoms with E-state index < -0.39 is 0 Å². The van der Waals surface area contributed by atoms with Gasteiger partial charge in [-0.05, 0) is 61.2 Å². The van der Waals surface area contributed by atoms with Crippen LogP contribution in [-0.4, -0.2) is 43.7 Å². The number of hydrogen-bond acceptors (Lipinski definition) is 2. The molecule has 1 N–H and O–H groups in total. The molecule has 1 saturated heterocycles. The molecular weight excluding hydrogens is 329 g/mol. The molecule has 0 radical (unpaired) electrons. The van der Waals surface area contributed by atoms with Crippen molar-refractivity contribution in [2.45, 2.75) is 20.3 Å². The third-order valence-electron chi connectivity index (χ3n) is 4.74. The zero-order valence-electron chi connectivity index (χ0n) is 15.5. The zero-order valence-corrected chi connectivity index (χ0v) is 15.5. The van der Waals surface area contributed by atoms with E-state index >= 15 is 0 Å². The number of nitrogens with zero attached hydrogens (tertiary/aromatic N) is 2. The van der Waals surface area contributed by atoms with E-state index in [0.29, 0.717) is 13.0 Å². The fourth-order valence-corrected chi connectivity index (χ4v) is 3.38. The number of amides is 2. The Hall–Kier alpha value is -2.56. The van der Waals surface area contributed by atoms with Crippen molar-refractivity contribution in [2.75, 3.05) is 37.6 Å². The van der Waals surface area contributed by atoms with Crippen LogP contribution in [0.2, 0.25) is 0 Å². The van der Waals surface area contributed by atoms with E-state index in [0.717, 1.165) is 31.7 Å². The van der Waals surface area contributed by atoms with Gasteiger partial charge in [0.15, 0.2) is 0 Å². The first-order valence-corrected chi connectivity index (χ1v) is 9.12. The second kappa shape index (κ2) is 8.21. The minimum Gasteiger partial charge on any atom is -0.368 e. The quantitative estimate of drug-likeness (QED) is 0.911. The fourth-order valence-electron chi connectivity index (χ4n) is 3.38. The molecule has 0 spiro atoms. The van der Waals surface area contributed by atoms with Gasteiger partial charge in [0.25, 0.3) is 0 Å². The molecule has 4 nitrogen and oxygen atoms in total. The van der Waals surface area contributed by atoms with Crippen molar-refractivity contribution in [3.8, 4) is 0 Å². The van der Waals surface area contributed by atoms with Gasteiger partial charge < -0.3 is 15.1 Å². The summed E-state index contributed by atoms with van der Waals surface area (Å²) >= 11 is 0. The summed E-state index contributed by atoms with van der Waals surface area (Å²) < 4.78 is 12.9. The number of benzene rings is 2. The third kappa shape index (κ3) is 4.75. The molecule has 1 aliphatic rings. The lowest BCUT2D eigenvalue weighted by Crippen LogP contribution is -2.52. The molecule has 1 fully saturated rings. The lowest BCUT2D eigenvalue weighted by Gasteiger charge is -2.36. The highest BCUT2D eigenvalue weighted by Gasteiger charge is 2.21. The van der Waals surface area contributed by atoms with Gasteiger partial charge in [0.05, 0.1) is 0 Å². The van der Waals surface area contributed by atoms with Gasteiger partial charge in [-0.2, -0.15) is 0 Å². The molecule has 0 aliphatic carbocycles. The van der Waals surface area contributed by atoms with Crippen LogP contribution in [0.25, 0.3) is 0 Å². The number of aryl methyl sites for hydroxylation is 2. The molecule has 2 aromatic carbocycles. The Labute approximate surface area is 154 Å². The van der Waals surface area contributed by atoms with Crippen molar-refractivity contribution in [1.29, 1.82) is 0 Å². The summed E-state index contributed by atoms with van der Waals surface area (Å²) in [4.78, 5) is 16.5. The molecule has 1 aliphatic heterocycles. The molecule has 5 heteroatoms. The summed E-state index contributed by atoms with van der Waals surface area (Å²) in [6.07, 6.45) is 0.703. The monoisotopic (exact) mass is 355 g/mol. The molecule has 0 bridgehead atoms. The topological polar surface area (TPSA) is 35.6 Å². The standard InChI is InChI=1S/C21H26FN3O/c1-16-13-17(2)15-20(14-16)24-9-11-25(12-10-24)21(26)23-8-7-18-3-5-19(22)6-4-18/h3-6,13-15H,7-12H2,1-2H3,(H,23,26). The van der Waals surface area contributed by atoms with Crippen molar-refractivity contribution in [3.05, 3.63) is 65.0 Å². The molecular formula is C21H26FN3O. The largest absolute Gasteiger partial charge is 0.368 e. The maximum Gasteiger partial charge on any atom is 0.317 e. The molecule has 26 heavy (non-hydrogen) atoms. The van der Waals surface area contributed by atoms with E-state index in [1.54, 1.807) is 12.1 Å². The van der Waals surface area contributed by atoms with Crippen LogP contribution in [0.5, 0.6) is 0 Å². The Kier molecular flexibility index (Phi) is 5.76. The van der Waals surface area contributed by atoms with Crippen molar-refractivity contribution in [1.82, 2.24) is 10.2 Å². The van der Waals surface area contributed by atoms with Crippen LogP contribution in [-0.2, 0) is 6.42 Å². The number of halogens is 1. The van der Waals surface area contributed by atoms with Gasteiger partial charge in [-0.25, -0.2) is 9.18 Å². The second-order valence-electron chi connectivity index (χ2n) is 6.93. The molecule has 0 saturated carbocycles. The van der Waals surface area contributed by atoms with Crippen molar-refractivity contribution < 1.29 is 9.18 Å². The Morgan fingerprint density at radius 1 is 1.00 bits per heavy atom. The Morgan fingerprint density at radius 2 is 1.62 bits per heavy atom. The smallest absolute Gasteiger partial charge is 0.317 e. The minimum atomic E-state index is -0.237. The van der Waals surface area contributed by atoms with E-state index in [4.69, 9.17) is 0 Å². The predicted octanol–water partition coefficient (Wildman–Crippen LogP) is 3.52. The maximum absolute atomic E-state index is 12.9. The van der Waals surface area contributed by atoms with Gasteiger partial charge >= 0.3 is 6.03 Å². The summed E-state index contributed by atoms with van der Waals surface area (Å²) in [5.41, 5.74) is 4.78. The summed E-state index contributed by atoms with van der Waals surface area (Å²) in [6.45, 7) is 7.90. The first-order chi connectivity index (χ1) is 12.5. The Balaban J connectivity index is 1.45. The highest BCUT2D eigenvalue weighted by atomic mass is 19.1. The first-order valence-electron chi connectivity index (χ1n) is 9.12. The summed E-state index contributed by atoms with van der Waals surface area (Å²) in [5, 5.41) is 2.96. The maximum atomic E-state index is 12.9. The van der Waals surface area contributed by atoms with Crippen LogP contribution in [0.4, 0.5) is 14.9 Å². The first kappa shape index (κ1) is 18.2. The second-order valence-corrected chi connectivity index (χ2v) is 6.93. The number of rotatable bonds is 4. The Morgan fingerprint density at radius 3 is 2.23 bits per heavy atom. The fraction of sp³-hybridized carbons (Fsp3) is 0.381. The number of urea groups is 1. The van der Waals surface area contributed by atoms with Crippen LogP contribution in [0, 0.1) is 19.7 Å². The van der Waals surface area contributed by atoms with Gasteiger partial charge in [0.1, 0.15) is 5.82 Å². The van der Waals surface area contributed by atoms with E-state index in [2.05, 4.69) is 42.3 Å². The normalized spacial score (nSPS) is 14.4. The molecule has 2 aromatic rings. The van der Waals surface area contributed by atoms with E-state index in [1.807, 2.05) is 4.90 Å². The number of piperazine rings is 1. The van der Waals surface area contributed by atoms with Crippen LogP contribution < -0.4 is 10.2 Å². The zero-order chi connectivity index (χ0) is 18.5. The van der Waals surface area contributed by atoms with Gasteiger partial charge in [0.2, 0.25) is 0 Å². The number of hydrogen-bond donors (Lipinski definition) is 1. The van der Waals surface area contributed by atoms with Crippen molar-refractivity contribution >= 4 is 11.7 Å². The van der Waals surface area contributed by atoms with Crippen LogP contribution in [0.15, 0.2) is 42.5 Å². The highest BCUT2D eigenvalue weighted by molar-refractivity contribution is 5.74. The lowest BCUT2D eigenvalue weighted by molar-refractivity contribution is 0.194. The van der Waals surface area contributed by atoms with Gasteiger partial charge in [-0.15, -0.1) is 0 Å². The number of anilines is 1. The average Bonchev–Trinajstić information content (AvgIpc) is 2.62. The van der Waals surface area contributed by atoms with Crippen molar-refractivity contribution in [2.24, 2.45) is 0 Å². The molecule has 2 amide bonds. The van der Waals surface area contributed by atoms with Gasteiger partial charge in [-0.1, -0.05) is 18.2 Å². The molecule has 0 aromatic heterocycles. The summed E-state index contributed by atoms with van der Waals surface area (Å²) in [6, 6.07) is 13.0. The SMILES string of the molecule is Cc1cc(C)cc(N2CCN(C(=O)NCCc3ccc(F)cc3)CC2)c1. The van der Waals surface area contributed by atoms with Crippen LogP contribution in [0.1, 0.15) is 16.7 Å². The van der Waals surface area contributed by atoms with Crippen molar-refractivity contribution in [3.63, 3.8) is 0 Å². The van der Waals surface area contributed by atoms with E-state index in [-0.39, 0.29) is 11.8 Å². The molecule has 1 heterocycles.